The largest absolute Gasteiger partial charge is 0.496 e. The second-order valence-electron chi connectivity index (χ2n) is 8.50. The number of halogens is 2. The first-order valence-corrected chi connectivity index (χ1v) is 12.5. The number of hydrogen-bond acceptors (Lipinski definition) is 7. The van der Waals surface area contributed by atoms with Crippen molar-refractivity contribution in [2.45, 2.75) is 19.8 Å². The van der Waals surface area contributed by atoms with Crippen molar-refractivity contribution in [3.8, 4) is 16.9 Å². The van der Waals surface area contributed by atoms with E-state index in [2.05, 4.69) is 38.8 Å². The van der Waals surface area contributed by atoms with Gasteiger partial charge in [0.05, 0.1) is 20.3 Å². The van der Waals surface area contributed by atoms with Crippen molar-refractivity contribution in [1.82, 2.24) is 19.4 Å². The molecule has 8 nitrogen and oxygen atoms in total. The monoisotopic (exact) mass is 556 g/mol. The van der Waals surface area contributed by atoms with Crippen molar-refractivity contribution in [3.63, 3.8) is 0 Å². The molecule has 1 aliphatic heterocycles. The Kier molecular flexibility index (Phi) is 6.57. The van der Waals surface area contributed by atoms with E-state index in [0.717, 1.165) is 58.3 Å². The lowest BCUT2D eigenvalue weighted by Gasteiger charge is -2.28. The van der Waals surface area contributed by atoms with Crippen molar-refractivity contribution in [2.24, 2.45) is 0 Å². The second kappa shape index (κ2) is 9.64. The average Bonchev–Trinajstić information content (AvgIpc) is 3.23. The first-order valence-electron chi connectivity index (χ1n) is 11.3. The Hall–Kier alpha value is -2.88. The molecule has 2 N–H and O–H groups in total. The van der Waals surface area contributed by atoms with Crippen LogP contribution in [0.25, 0.3) is 16.6 Å². The number of anilines is 2. The van der Waals surface area contributed by atoms with Crippen LogP contribution in [0.1, 0.15) is 29.8 Å². The van der Waals surface area contributed by atoms with E-state index in [9.17, 15) is 0 Å². The molecule has 35 heavy (non-hydrogen) atoms. The molecule has 5 rings (SSSR count). The Bertz CT molecular complexity index is 1390. The van der Waals surface area contributed by atoms with Gasteiger partial charge in [0.2, 0.25) is 0 Å². The van der Waals surface area contributed by atoms with Crippen LogP contribution in [0.15, 0.2) is 41.4 Å². The fraction of sp³-hybridized carbons (Fsp3) is 0.320. The minimum absolute atomic E-state index is 0.150. The third kappa shape index (κ3) is 4.22. The summed E-state index contributed by atoms with van der Waals surface area (Å²) in [6.07, 6.45) is 5.40. The lowest BCUT2D eigenvalue weighted by atomic mass is 9.91. The molecule has 0 spiro atoms. The van der Waals surface area contributed by atoms with Crippen LogP contribution in [0.4, 0.5) is 11.6 Å². The fourth-order valence-electron chi connectivity index (χ4n) is 4.63. The number of hydrogen-bond donors (Lipinski definition) is 1. The van der Waals surface area contributed by atoms with Crippen LogP contribution in [-0.4, -0.2) is 52.8 Å². The molecule has 1 unspecified atom stereocenters. The van der Waals surface area contributed by atoms with Crippen molar-refractivity contribution in [2.75, 3.05) is 44.0 Å². The number of fused-ring (bicyclic) bond motifs is 1. The van der Waals surface area contributed by atoms with Gasteiger partial charge in [-0.3, -0.25) is 4.40 Å². The predicted molar refractivity (Wildman–Crippen MR) is 142 cm³/mol. The predicted octanol–water partition coefficient (Wildman–Crippen LogP) is 5.09. The Labute approximate surface area is 217 Å². The number of benzene rings is 1. The number of aromatic nitrogens is 4. The summed E-state index contributed by atoms with van der Waals surface area (Å²) in [5.74, 6) is 2.74. The molecule has 4 aromatic rings. The Morgan fingerprint density at radius 2 is 2.00 bits per heavy atom. The summed E-state index contributed by atoms with van der Waals surface area (Å²) < 4.78 is 14.0. The van der Waals surface area contributed by atoms with Crippen LogP contribution < -0.4 is 15.4 Å². The molecule has 0 amide bonds. The van der Waals surface area contributed by atoms with Crippen LogP contribution in [0, 0.1) is 6.92 Å². The first kappa shape index (κ1) is 23.8. The van der Waals surface area contributed by atoms with E-state index in [1.165, 1.54) is 0 Å². The van der Waals surface area contributed by atoms with Crippen LogP contribution in [-0.2, 0) is 4.74 Å². The van der Waals surface area contributed by atoms with Crippen LogP contribution in [0.3, 0.4) is 0 Å². The molecule has 0 radical (unpaired) electrons. The smallest absolute Gasteiger partial charge is 0.150 e. The molecule has 0 saturated carbocycles. The number of pyridine rings is 1. The number of methoxy groups -OCH3 is 1. The molecule has 1 saturated heterocycles. The van der Waals surface area contributed by atoms with E-state index < -0.39 is 0 Å². The molecule has 0 bridgehead atoms. The van der Waals surface area contributed by atoms with Gasteiger partial charge in [-0.1, -0.05) is 18.5 Å². The SMILES string of the molecule is COc1c(C(C)c2nc(Br)c3c(N)nccn23)cc(Cl)c(C)c1-c1ccc(N2CCOCC2)nc1. The van der Waals surface area contributed by atoms with Crippen LogP contribution in [0.5, 0.6) is 5.75 Å². The van der Waals surface area contributed by atoms with Crippen LogP contribution in [0.2, 0.25) is 5.02 Å². The van der Waals surface area contributed by atoms with E-state index in [1.807, 2.05) is 35.9 Å². The topological polar surface area (TPSA) is 90.8 Å². The minimum Gasteiger partial charge on any atom is -0.496 e. The van der Waals surface area contributed by atoms with Gasteiger partial charge in [-0.2, -0.15) is 0 Å². The maximum absolute atomic E-state index is 6.77. The molecule has 1 aliphatic rings. The number of rotatable bonds is 5. The van der Waals surface area contributed by atoms with Gasteiger partial charge in [0.25, 0.3) is 0 Å². The van der Waals surface area contributed by atoms with Gasteiger partial charge in [0, 0.05) is 59.3 Å². The zero-order chi connectivity index (χ0) is 24.7. The highest BCUT2D eigenvalue weighted by molar-refractivity contribution is 9.10. The van der Waals surface area contributed by atoms with Gasteiger partial charge in [0.15, 0.2) is 5.82 Å². The van der Waals surface area contributed by atoms with Gasteiger partial charge >= 0.3 is 0 Å². The molecule has 10 heteroatoms. The van der Waals surface area contributed by atoms with Crippen molar-refractivity contribution < 1.29 is 9.47 Å². The normalized spacial score (nSPS) is 14.9. The molecule has 1 atom stereocenters. The second-order valence-corrected chi connectivity index (χ2v) is 9.66. The number of nitrogens with zero attached hydrogens (tertiary/aromatic N) is 5. The molecule has 3 aromatic heterocycles. The summed E-state index contributed by atoms with van der Waals surface area (Å²) in [4.78, 5) is 15.9. The number of nitrogen functional groups attached to an aromatic ring is 1. The summed E-state index contributed by atoms with van der Waals surface area (Å²) in [5.41, 5.74) is 10.6. The van der Waals surface area contributed by atoms with E-state index in [1.54, 1.807) is 13.3 Å². The first-order chi connectivity index (χ1) is 16.9. The van der Waals surface area contributed by atoms with Gasteiger partial charge in [-0.25, -0.2) is 15.0 Å². The fourth-order valence-corrected chi connectivity index (χ4v) is 5.42. The van der Waals surface area contributed by atoms with Gasteiger partial charge in [0.1, 0.15) is 27.5 Å². The number of nitrogens with two attached hydrogens (primary N) is 1. The maximum atomic E-state index is 6.77. The van der Waals surface area contributed by atoms with Crippen molar-refractivity contribution in [1.29, 1.82) is 0 Å². The van der Waals surface area contributed by atoms with Crippen LogP contribution >= 0.6 is 27.5 Å². The quantitative estimate of drug-likeness (QED) is 0.365. The summed E-state index contributed by atoms with van der Waals surface area (Å²) in [6, 6.07) is 6.07. The molecular weight excluding hydrogens is 532 g/mol. The zero-order valence-corrected chi connectivity index (χ0v) is 22.1. The van der Waals surface area contributed by atoms with Gasteiger partial charge in [-0.05, 0) is 46.6 Å². The van der Waals surface area contributed by atoms with E-state index in [4.69, 9.17) is 36.8 Å². The maximum Gasteiger partial charge on any atom is 0.150 e. The van der Waals surface area contributed by atoms with E-state index >= 15 is 0 Å². The summed E-state index contributed by atoms with van der Waals surface area (Å²) in [7, 11) is 1.68. The standard InChI is InChI=1S/C25H26BrClN6O2/c1-14(25-31-23(26)21-24(28)29-6-7-33(21)25)17-12-18(27)15(2)20(22(17)34-3)16-4-5-19(30-13-16)32-8-10-35-11-9-32/h4-7,12-14H,8-11H2,1-3H3,(H2,28,29). The zero-order valence-electron chi connectivity index (χ0n) is 19.8. The molecular formula is C25H26BrClN6O2. The number of imidazole rings is 1. The van der Waals surface area contributed by atoms with Gasteiger partial charge in [-0.15, -0.1) is 0 Å². The van der Waals surface area contributed by atoms with Gasteiger partial charge < -0.3 is 20.1 Å². The summed E-state index contributed by atoms with van der Waals surface area (Å²) in [6.45, 7) is 7.17. The number of ether oxygens (including phenoxy) is 2. The highest BCUT2D eigenvalue weighted by Crippen LogP contribution is 2.44. The highest BCUT2D eigenvalue weighted by Gasteiger charge is 2.26. The summed E-state index contributed by atoms with van der Waals surface area (Å²) >= 11 is 10.3. The lowest BCUT2D eigenvalue weighted by Crippen LogP contribution is -2.36. The number of morpholine rings is 1. The molecule has 1 fully saturated rings. The highest BCUT2D eigenvalue weighted by atomic mass is 79.9. The lowest BCUT2D eigenvalue weighted by molar-refractivity contribution is 0.122. The molecule has 182 valence electrons. The van der Waals surface area contributed by atoms with E-state index in [-0.39, 0.29) is 5.92 Å². The Morgan fingerprint density at radius 3 is 2.69 bits per heavy atom. The minimum atomic E-state index is -0.150. The Balaban J connectivity index is 1.61. The van der Waals surface area contributed by atoms with Crippen molar-refractivity contribution >= 4 is 44.7 Å². The summed E-state index contributed by atoms with van der Waals surface area (Å²) in [5, 5.41) is 0.654. The molecule has 4 heterocycles. The third-order valence-electron chi connectivity index (χ3n) is 6.50. The third-order valence-corrected chi connectivity index (χ3v) is 7.45. The van der Waals surface area contributed by atoms with Crippen molar-refractivity contribution in [3.05, 3.63) is 63.4 Å². The van der Waals surface area contributed by atoms with E-state index in [0.29, 0.717) is 28.7 Å². The average molecular weight is 558 g/mol. The molecule has 0 aliphatic carbocycles. The Morgan fingerprint density at radius 1 is 1.23 bits per heavy atom. The molecule has 1 aromatic carbocycles.